The molecule has 2 aliphatic heterocycles. The molecular formula is C16H28N4. The number of piperidine rings is 2. The van der Waals surface area contributed by atoms with E-state index < -0.39 is 0 Å². The van der Waals surface area contributed by atoms with Gasteiger partial charge in [0, 0.05) is 18.8 Å². The van der Waals surface area contributed by atoms with Gasteiger partial charge in [0.2, 0.25) is 0 Å². The van der Waals surface area contributed by atoms with Crippen molar-refractivity contribution in [2.45, 2.75) is 51.6 Å². The normalized spacial score (nSPS) is 27.6. The molecule has 3 rings (SSSR count). The molecule has 4 nitrogen and oxygen atoms in total. The molecule has 1 aromatic heterocycles. The van der Waals surface area contributed by atoms with Crippen molar-refractivity contribution in [3.05, 3.63) is 18.2 Å². The molecule has 2 fully saturated rings. The van der Waals surface area contributed by atoms with Gasteiger partial charge in [0.25, 0.3) is 0 Å². The summed E-state index contributed by atoms with van der Waals surface area (Å²) in [5, 5.41) is 3.65. The third-order valence-corrected chi connectivity index (χ3v) is 5.16. The molecule has 0 saturated carbocycles. The van der Waals surface area contributed by atoms with Gasteiger partial charge < -0.3 is 14.8 Å². The van der Waals surface area contributed by atoms with Crippen molar-refractivity contribution in [3.63, 3.8) is 0 Å². The first-order chi connectivity index (χ1) is 9.66. The first kappa shape index (κ1) is 14.1. The van der Waals surface area contributed by atoms with Crippen LogP contribution in [0.5, 0.6) is 0 Å². The van der Waals surface area contributed by atoms with E-state index in [9.17, 15) is 0 Å². The second-order valence-corrected chi connectivity index (χ2v) is 7.06. The van der Waals surface area contributed by atoms with Gasteiger partial charge in [-0.1, -0.05) is 13.3 Å². The lowest BCUT2D eigenvalue weighted by molar-refractivity contribution is 0.119. The molecular weight excluding hydrogens is 248 g/mol. The van der Waals surface area contributed by atoms with Crippen molar-refractivity contribution in [3.8, 4) is 0 Å². The van der Waals surface area contributed by atoms with E-state index in [-0.39, 0.29) is 0 Å². The van der Waals surface area contributed by atoms with E-state index in [1.165, 1.54) is 50.9 Å². The monoisotopic (exact) mass is 276 g/mol. The van der Waals surface area contributed by atoms with Crippen LogP contribution in [0.2, 0.25) is 0 Å². The zero-order valence-electron chi connectivity index (χ0n) is 12.9. The first-order valence-corrected chi connectivity index (χ1v) is 8.08. The summed E-state index contributed by atoms with van der Waals surface area (Å²) in [7, 11) is 2.23. The molecule has 0 radical (unpaired) electrons. The molecule has 0 aromatic carbocycles. The van der Waals surface area contributed by atoms with E-state index in [0.29, 0.717) is 11.5 Å². The minimum Gasteiger partial charge on any atom is -0.333 e. The van der Waals surface area contributed by atoms with Crippen LogP contribution in [0.15, 0.2) is 12.5 Å². The van der Waals surface area contributed by atoms with Crippen LogP contribution in [-0.2, 0) is 6.54 Å². The van der Waals surface area contributed by atoms with Crippen LogP contribution in [0.3, 0.4) is 0 Å². The van der Waals surface area contributed by atoms with Crippen molar-refractivity contribution < 1.29 is 0 Å². The van der Waals surface area contributed by atoms with Gasteiger partial charge in [0.05, 0.1) is 12.0 Å². The van der Waals surface area contributed by atoms with Gasteiger partial charge in [-0.2, -0.15) is 0 Å². The number of hydrogen-bond donors (Lipinski definition) is 1. The summed E-state index contributed by atoms with van der Waals surface area (Å²) >= 11 is 0. The smallest absolute Gasteiger partial charge is 0.0948 e. The lowest BCUT2D eigenvalue weighted by atomic mass is 9.80. The van der Waals surface area contributed by atoms with Crippen molar-refractivity contribution in [2.24, 2.45) is 5.41 Å². The average Bonchev–Trinajstić information content (AvgIpc) is 2.91. The van der Waals surface area contributed by atoms with Crippen molar-refractivity contribution in [2.75, 3.05) is 26.7 Å². The lowest BCUT2D eigenvalue weighted by Gasteiger charge is -2.39. The fourth-order valence-corrected chi connectivity index (χ4v) is 3.59. The van der Waals surface area contributed by atoms with Crippen LogP contribution in [0, 0.1) is 5.41 Å². The Morgan fingerprint density at radius 1 is 1.35 bits per heavy atom. The van der Waals surface area contributed by atoms with E-state index in [2.05, 4.69) is 39.9 Å². The summed E-state index contributed by atoms with van der Waals surface area (Å²) in [6, 6.07) is 0.515. The number of imidazole rings is 1. The van der Waals surface area contributed by atoms with E-state index in [0.717, 1.165) is 13.1 Å². The minimum atomic E-state index is 0.427. The Morgan fingerprint density at radius 3 is 2.85 bits per heavy atom. The van der Waals surface area contributed by atoms with Crippen LogP contribution in [0.25, 0.3) is 0 Å². The van der Waals surface area contributed by atoms with Crippen molar-refractivity contribution in [1.82, 2.24) is 19.8 Å². The highest BCUT2D eigenvalue weighted by molar-refractivity contribution is 5.07. The third-order valence-electron chi connectivity index (χ3n) is 5.16. The van der Waals surface area contributed by atoms with Crippen LogP contribution in [0.4, 0.5) is 0 Å². The molecule has 3 heterocycles. The molecule has 20 heavy (non-hydrogen) atoms. The van der Waals surface area contributed by atoms with Crippen LogP contribution in [0.1, 0.15) is 50.8 Å². The Balaban J connectivity index is 1.70. The predicted molar refractivity (Wildman–Crippen MR) is 81.7 cm³/mol. The van der Waals surface area contributed by atoms with Gasteiger partial charge in [-0.25, -0.2) is 4.98 Å². The fraction of sp³-hybridized carbons (Fsp3) is 0.812. The van der Waals surface area contributed by atoms with Crippen LogP contribution in [-0.4, -0.2) is 41.1 Å². The highest BCUT2D eigenvalue weighted by Gasteiger charge is 2.30. The second kappa shape index (κ2) is 5.86. The molecule has 1 atom stereocenters. The largest absolute Gasteiger partial charge is 0.333 e. The van der Waals surface area contributed by atoms with Gasteiger partial charge in [0.15, 0.2) is 0 Å². The summed E-state index contributed by atoms with van der Waals surface area (Å²) in [5.74, 6) is 0. The number of rotatable bonds is 3. The van der Waals surface area contributed by atoms with E-state index in [1.54, 1.807) is 0 Å². The molecule has 2 saturated heterocycles. The SMILES string of the molecule is CN1CCC(C)(Cn2cncc2C2CCCCN2)CC1. The molecule has 1 aromatic rings. The molecule has 2 aliphatic rings. The molecule has 1 unspecified atom stereocenters. The number of nitrogens with zero attached hydrogens (tertiary/aromatic N) is 3. The summed E-state index contributed by atoms with van der Waals surface area (Å²) in [5.41, 5.74) is 1.82. The maximum Gasteiger partial charge on any atom is 0.0948 e. The number of likely N-dealkylation sites (tertiary alicyclic amines) is 1. The summed E-state index contributed by atoms with van der Waals surface area (Å²) in [6.45, 7) is 7.16. The third kappa shape index (κ3) is 3.07. The standard InChI is InChI=1S/C16H28N4/c1-16(6-9-19(2)10-7-16)12-20-13-17-11-15(20)14-5-3-4-8-18-14/h11,13-14,18H,3-10,12H2,1-2H3. The lowest BCUT2D eigenvalue weighted by Crippen LogP contribution is -2.39. The summed E-state index contributed by atoms with van der Waals surface area (Å²) in [6.07, 6.45) is 10.6. The van der Waals surface area contributed by atoms with Gasteiger partial charge in [-0.3, -0.25) is 0 Å². The van der Waals surface area contributed by atoms with Gasteiger partial charge in [0.1, 0.15) is 0 Å². The van der Waals surface area contributed by atoms with Gasteiger partial charge >= 0.3 is 0 Å². The maximum absolute atomic E-state index is 4.42. The Bertz CT molecular complexity index is 425. The first-order valence-electron chi connectivity index (χ1n) is 8.08. The molecule has 0 bridgehead atoms. The predicted octanol–water partition coefficient (Wildman–Crippen LogP) is 2.43. The molecule has 0 aliphatic carbocycles. The van der Waals surface area contributed by atoms with E-state index >= 15 is 0 Å². The van der Waals surface area contributed by atoms with Crippen LogP contribution >= 0.6 is 0 Å². The molecule has 0 spiro atoms. The van der Waals surface area contributed by atoms with E-state index in [4.69, 9.17) is 0 Å². The Kier molecular flexibility index (Phi) is 4.13. The minimum absolute atomic E-state index is 0.427. The number of aromatic nitrogens is 2. The highest BCUT2D eigenvalue weighted by Crippen LogP contribution is 2.33. The molecule has 0 amide bonds. The highest BCUT2D eigenvalue weighted by atomic mass is 15.1. The van der Waals surface area contributed by atoms with Gasteiger partial charge in [-0.05, 0) is 57.8 Å². The van der Waals surface area contributed by atoms with Crippen LogP contribution < -0.4 is 5.32 Å². The maximum atomic E-state index is 4.42. The topological polar surface area (TPSA) is 33.1 Å². The fourth-order valence-electron chi connectivity index (χ4n) is 3.59. The second-order valence-electron chi connectivity index (χ2n) is 7.06. The molecule has 1 N–H and O–H groups in total. The number of nitrogens with one attached hydrogen (secondary N) is 1. The Morgan fingerprint density at radius 2 is 2.15 bits per heavy atom. The van der Waals surface area contributed by atoms with Gasteiger partial charge in [-0.15, -0.1) is 0 Å². The van der Waals surface area contributed by atoms with E-state index in [1.807, 2.05) is 6.33 Å². The molecule has 112 valence electrons. The van der Waals surface area contributed by atoms with Crippen molar-refractivity contribution >= 4 is 0 Å². The molecule has 4 heteroatoms. The summed E-state index contributed by atoms with van der Waals surface area (Å²) < 4.78 is 2.41. The zero-order valence-corrected chi connectivity index (χ0v) is 12.9. The quantitative estimate of drug-likeness (QED) is 0.920. The van der Waals surface area contributed by atoms with Crippen molar-refractivity contribution in [1.29, 1.82) is 0 Å². The Hall–Kier alpha value is -0.870. The Labute approximate surface area is 122 Å². The number of hydrogen-bond acceptors (Lipinski definition) is 3. The average molecular weight is 276 g/mol. The zero-order chi connectivity index (χ0) is 14.0. The summed E-state index contributed by atoms with van der Waals surface area (Å²) in [4.78, 5) is 6.87.